The summed E-state index contributed by atoms with van der Waals surface area (Å²) >= 11 is 3.71. The van der Waals surface area contributed by atoms with Gasteiger partial charge in [0.2, 0.25) is 0 Å². The number of nitrogens with one attached hydrogen (secondary N) is 1. The van der Waals surface area contributed by atoms with E-state index in [1.807, 2.05) is 22.2 Å². The summed E-state index contributed by atoms with van der Waals surface area (Å²) in [5.74, 6) is 5.41. The summed E-state index contributed by atoms with van der Waals surface area (Å²) in [4.78, 5) is 5.51. The van der Waals surface area contributed by atoms with Gasteiger partial charge in [-0.3, -0.25) is 15.7 Å². The molecular formula is C13H12FIN4S. The number of aromatic nitrogens is 2. The second kappa shape index (κ2) is 5.76. The van der Waals surface area contributed by atoms with Crippen LogP contribution in [-0.2, 0) is 6.42 Å². The lowest BCUT2D eigenvalue weighted by atomic mass is 10.0. The van der Waals surface area contributed by atoms with Crippen LogP contribution in [0.3, 0.4) is 0 Å². The van der Waals surface area contributed by atoms with Gasteiger partial charge in [0.05, 0.1) is 11.7 Å². The van der Waals surface area contributed by atoms with Crippen molar-refractivity contribution < 1.29 is 4.39 Å². The van der Waals surface area contributed by atoms with Crippen molar-refractivity contribution in [3.05, 3.63) is 56.6 Å². The lowest BCUT2D eigenvalue weighted by Gasteiger charge is -2.16. The third-order valence-electron chi connectivity index (χ3n) is 3.10. The molecule has 0 spiro atoms. The molecule has 3 rings (SSSR count). The normalized spacial score (nSPS) is 12.9. The fraction of sp³-hybridized carbons (Fsp3) is 0.154. The van der Waals surface area contributed by atoms with Gasteiger partial charge in [-0.25, -0.2) is 9.37 Å². The summed E-state index contributed by atoms with van der Waals surface area (Å²) in [6.07, 6.45) is 4.63. The number of imidazole rings is 1. The zero-order valence-corrected chi connectivity index (χ0v) is 13.4. The second-order valence-corrected chi connectivity index (χ2v) is 6.45. The van der Waals surface area contributed by atoms with E-state index < -0.39 is 0 Å². The molecule has 4 nitrogen and oxygen atoms in total. The van der Waals surface area contributed by atoms with Crippen LogP contribution in [-0.4, -0.2) is 9.38 Å². The molecule has 0 radical (unpaired) electrons. The average Bonchev–Trinajstić information content (AvgIpc) is 2.97. The van der Waals surface area contributed by atoms with E-state index in [0.717, 1.165) is 19.8 Å². The van der Waals surface area contributed by atoms with Gasteiger partial charge in [-0.1, -0.05) is 6.07 Å². The Hall–Kier alpha value is -1.03. The SMILES string of the molecule is NNC(Cc1cn2ccsc2n1)c1ccc(F)cc1I. The van der Waals surface area contributed by atoms with E-state index >= 15 is 0 Å². The molecule has 1 aromatic carbocycles. The highest BCUT2D eigenvalue weighted by Crippen LogP contribution is 2.24. The standard InChI is InChI=1S/C13H12FIN4S/c14-8-1-2-10(11(15)5-8)12(18-16)6-9-7-19-3-4-20-13(19)17-9/h1-5,7,12,18H,6,16H2. The first-order valence-electron chi connectivity index (χ1n) is 5.99. The zero-order chi connectivity index (χ0) is 14.1. The Kier molecular flexibility index (Phi) is 4.01. The Bertz CT molecular complexity index is 710. The van der Waals surface area contributed by atoms with Gasteiger partial charge in [0.25, 0.3) is 0 Å². The number of hydrazine groups is 1. The summed E-state index contributed by atoms with van der Waals surface area (Å²) in [6.45, 7) is 0. The molecule has 0 saturated heterocycles. The Balaban J connectivity index is 1.88. The van der Waals surface area contributed by atoms with Gasteiger partial charge >= 0.3 is 0 Å². The van der Waals surface area contributed by atoms with Gasteiger partial charge in [-0.15, -0.1) is 11.3 Å². The van der Waals surface area contributed by atoms with Crippen molar-refractivity contribution >= 4 is 38.9 Å². The van der Waals surface area contributed by atoms with Crippen molar-refractivity contribution in [1.82, 2.24) is 14.8 Å². The van der Waals surface area contributed by atoms with E-state index in [1.165, 1.54) is 12.1 Å². The van der Waals surface area contributed by atoms with Crippen LogP contribution in [0.15, 0.2) is 36.0 Å². The van der Waals surface area contributed by atoms with Gasteiger partial charge in [0.1, 0.15) is 5.82 Å². The van der Waals surface area contributed by atoms with E-state index in [0.29, 0.717) is 6.42 Å². The van der Waals surface area contributed by atoms with Crippen LogP contribution in [0.5, 0.6) is 0 Å². The van der Waals surface area contributed by atoms with Crippen molar-refractivity contribution in [2.24, 2.45) is 5.84 Å². The van der Waals surface area contributed by atoms with Gasteiger partial charge in [0.15, 0.2) is 4.96 Å². The molecule has 0 bridgehead atoms. The highest BCUT2D eigenvalue weighted by atomic mass is 127. The Morgan fingerprint density at radius 2 is 2.35 bits per heavy atom. The molecule has 0 aliphatic carbocycles. The third kappa shape index (κ3) is 2.71. The monoisotopic (exact) mass is 402 g/mol. The first kappa shape index (κ1) is 13.9. The maximum atomic E-state index is 13.2. The van der Waals surface area contributed by atoms with Crippen LogP contribution < -0.4 is 11.3 Å². The number of hydrogen-bond donors (Lipinski definition) is 2. The molecule has 0 aliphatic heterocycles. The van der Waals surface area contributed by atoms with Gasteiger partial charge in [-0.2, -0.15) is 0 Å². The molecule has 0 amide bonds. The summed E-state index contributed by atoms with van der Waals surface area (Å²) in [5, 5.41) is 1.99. The van der Waals surface area contributed by atoms with Crippen LogP contribution in [0.4, 0.5) is 4.39 Å². The molecule has 3 aromatic rings. The molecule has 2 heterocycles. The van der Waals surface area contributed by atoms with Crippen molar-refractivity contribution in [2.45, 2.75) is 12.5 Å². The molecule has 20 heavy (non-hydrogen) atoms. The topological polar surface area (TPSA) is 55.3 Å². The number of rotatable bonds is 4. The maximum absolute atomic E-state index is 13.2. The summed E-state index contributed by atoms with van der Waals surface area (Å²) < 4.78 is 16.0. The van der Waals surface area contributed by atoms with E-state index in [1.54, 1.807) is 17.4 Å². The summed E-state index contributed by atoms with van der Waals surface area (Å²) in [6, 6.07) is 4.63. The lowest BCUT2D eigenvalue weighted by Crippen LogP contribution is -2.30. The molecule has 0 saturated carbocycles. The first-order chi connectivity index (χ1) is 9.67. The van der Waals surface area contributed by atoms with Gasteiger partial charge < -0.3 is 0 Å². The molecule has 7 heteroatoms. The zero-order valence-electron chi connectivity index (χ0n) is 10.4. The Labute approximate surface area is 132 Å². The highest BCUT2D eigenvalue weighted by Gasteiger charge is 2.16. The smallest absolute Gasteiger partial charge is 0.193 e. The van der Waals surface area contributed by atoms with Crippen molar-refractivity contribution in [3.8, 4) is 0 Å². The average molecular weight is 402 g/mol. The fourth-order valence-electron chi connectivity index (χ4n) is 2.13. The van der Waals surface area contributed by atoms with Crippen molar-refractivity contribution in [2.75, 3.05) is 0 Å². The maximum Gasteiger partial charge on any atom is 0.193 e. The number of nitrogens with zero attached hydrogens (tertiary/aromatic N) is 2. The largest absolute Gasteiger partial charge is 0.297 e. The molecule has 1 unspecified atom stereocenters. The third-order valence-corrected chi connectivity index (χ3v) is 4.80. The minimum absolute atomic E-state index is 0.0906. The van der Waals surface area contributed by atoms with E-state index in [4.69, 9.17) is 5.84 Å². The molecule has 1 atom stereocenters. The van der Waals surface area contributed by atoms with Gasteiger partial charge in [-0.05, 0) is 40.3 Å². The number of halogens is 2. The predicted molar refractivity (Wildman–Crippen MR) is 86.0 cm³/mol. The van der Waals surface area contributed by atoms with Crippen molar-refractivity contribution in [3.63, 3.8) is 0 Å². The quantitative estimate of drug-likeness (QED) is 0.401. The molecule has 0 aliphatic rings. The number of hydrogen-bond acceptors (Lipinski definition) is 4. The van der Waals surface area contributed by atoms with Crippen LogP contribution in [0.25, 0.3) is 4.96 Å². The number of thiazole rings is 1. The minimum atomic E-state index is -0.239. The molecule has 0 fully saturated rings. The Morgan fingerprint density at radius 1 is 1.50 bits per heavy atom. The van der Waals surface area contributed by atoms with Gasteiger partial charge in [0, 0.05) is 27.8 Å². The lowest BCUT2D eigenvalue weighted by molar-refractivity contribution is 0.542. The number of benzene rings is 1. The molecule has 104 valence electrons. The van der Waals surface area contributed by atoms with E-state index in [2.05, 4.69) is 33.0 Å². The Morgan fingerprint density at radius 3 is 3.05 bits per heavy atom. The van der Waals surface area contributed by atoms with Crippen LogP contribution in [0.1, 0.15) is 17.3 Å². The highest BCUT2D eigenvalue weighted by molar-refractivity contribution is 14.1. The minimum Gasteiger partial charge on any atom is -0.297 e. The first-order valence-corrected chi connectivity index (χ1v) is 7.95. The fourth-order valence-corrected chi connectivity index (χ4v) is 3.70. The van der Waals surface area contributed by atoms with Crippen LogP contribution in [0.2, 0.25) is 0 Å². The number of fused-ring (bicyclic) bond motifs is 1. The predicted octanol–water partition coefficient (Wildman–Crippen LogP) is 2.89. The second-order valence-electron chi connectivity index (χ2n) is 4.41. The molecular weight excluding hydrogens is 390 g/mol. The summed E-state index contributed by atoms with van der Waals surface area (Å²) in [7, 11) is 0. The number of nitrogens with two attached hydrogens (primary N) is 1. The van der Waals surface area contributed by atoms with Crippen LogP contribution in [0, 0.1) is 9.39 Å². The van der Waals surface area contributed by atoms with E-state index in [-0.39, 0.29) is 11.9 Å². The summed E-state index contributed by atoms with van der Waals surface area (Å²) in [5.41, 5.74) is 4.73. The molecule has 3 N–H and O–H groups in total. The van der Waals surface area contributed by atoms with Crippen LogP contribution >= 0.6 is 33.9 Å². The van der Waals surface area contributed by atoms with E-state index in [9.17, 15) is 4.39 Å². The van der Waals surface area contributed by atoms with Crippen molar-refractivity contribution in [1.29, 1.82) is 0 Å². The molecule has 2 aromatic heterocycles.